The Hall–Kier alpha value is -2.47. The summed E-state index contributed by atoms with van der Waals surface area (Å²) in [5, 5.41) is 12.8. The molecule has 0 bridgehead atoms. The highest BCUT2D eigenvalue weighted by molar-refractivity contribution is 7.13. The van der Waals surface area contributed by atoms with Crippen LogP contribution < -0.4 is 5.32 Å². The zero-order valence-corrected chi connectivity index (χ0v) is 14.7. The van der Waals surface area contributed by atoms with Crippen molar-refractivity contribution in [2.75, 3.05) is 5.32 Å². The molecule has 0 fully saturated rings. The smallest absolute Gasteiger partial charge is 0.258 e. The highest BCUT2D eigenvalue weighted by Crippen LogP contribution is 2.27. The molecule has 1 N–H and O–H groups in total. The van der Waals surface area contributed by atoms with Gasteiger partial charge in [0.25, 0.3) is 5.89 Å². The molecule has 5 nitrogen and oxygen atoms in total. The molecule has 6 heteroatoms. The van der Waals surface area contributed by atoms with Crippen LogP contribution >= 0.6 is 11.3 Å². The Bertz CT molecular complexity index is 834. The molecule has 2 heterocycles. The van der Waals surface area contributed by atoms with Gasteiger partial charge in [0.1, 0.15) is 6.42 Å². The molecule has 0 aliphatic carbocycles. The number of aryl methyl sites for hydroxylation is 1. The third-order valence-electron chi connectivity index (χ3n) is 3.70. The molecular weight excluding hydrogens is 322 g/mol. The van der Waals surface area contributed by atoms with E-state index in [2.05, 4.69) is 29.4 Å². The summed E-state index contributed by atoms with van der Waals surface area (Å²) in [6.45, 7) is 6.26. The van der Waals surface area contributed by atoms with E-state index in [0.717, 1.165) is 16.1 Å². The number of nitrogens with zero attached hydrogens (tertiary/aromatic N) is 2. The topological polar surface area (TPSA) is 68.0 Å². The van der Waals surface area contributed by atoms with E-state index in [1.54, 1.807) is 11.3 Å². The molecule has 3 rings (SSSR count). The van der Waals surface area contributed by atoms with Crippen LogP contribution in [0.4, 0.5) is 5.69 Å². The first-order valence-electron chi connectivity index (χ1n) is 7.79. The van der Waals surface area contributed by atoms with Crippen molar-refractivity contribution in [2.45, 2.75) is 33.1 Å². The number of nitrogens with one attached hydrogen (secondary N) is 1. The molecule has 0 unspecified atom stereocenters. The number of anilines is 1. The van der Waals surface area contributed by atoms with Gasteiger partial charge in [0.05, 0.1) is 4.88 Å². The minimum atomic E-state index is -0.176. The van der Waals surface area contributed by atoms with Gasteiger partial charge in [0.2, 0.25) is 11.8 Å². The Balaban J connectivity index is 1.63. The average molecular weight is 341 g/mol. The molecule has 1 aromatic carbocycles. The van der Waals surface area contributed by atoms with Crippen molar-refractivity contribution < 1.29 is 9.21 Å². The number of thiophene rings is 1. The number of carbonyl (C=O) groups excluding carboxylic acids is 1. The molecule has 0 saturated heterocycles. The lowest BCUT2D eigenvalue weighted by atomic mass is 10.0. The lowest BCUT2D eigenvalue weighted by molar-refractivity contribution is -0.115. The number of benzene rings is 1. The number of hydrogen-bond acceptors (Lipinski definition) is 5. The van der Waals surface area contributed by atoms with E-state index in [0.29, 0.717) is 17.7 Å². The number of amides is 1. The van der Waals surface area contributed by atoms with Gasteiger partial charge < -0.3 is 9.73 Å². The van der Waals surface area contributed by atoms with Gasteiger partial charge >= 0.3 is 0 Å². The van der Waals surface area contributed by atoms with Gasteiger partial charge in [-0.1, -0.05) is 26.0 Å². The van der Waals surface area contributed by atoms with Crippen molar-refractivity contribution in [1.29, 1.82) is 0 Å². The van der Waals surface area contributed by atoms with Crippen LogP contribution in [0.2, 0.25) is 0 Å². The molecule has 0 aliphatic heterocycles. The fourth-order valence-electron chi connectivity index (χ4n) is 2.30. The normalized spacial score (nSPS) is 11.0. The van der Waals surface area contributed by atoms with E-state index in [-0.39, 0.29) is 12.3 Å². The predicted molar refractivity (Wildman–Crippen MR) is 95.2 cm³/mol. The van der Waals surface area contributed by atoms with Gasteiger partial charge in [-0.05, 0) is 47.5 Å². The second-order valence-corrected chi connectivity index (χ2v) is 6.85. The van der Waals surface area contributed by atoms with E-state index in [9.17, 15) is 4.79 Å². The molecule has 124 valence electrons. The second-order valence-electron chi connectivity index (χ2n) is 5.94. The van der Waals surface area contributed by atoms with Crippen LogP contribution in [0.5, 0.6) is 0 Å². The van der Waals surface area contributed by atoms with Crippen molar-refractivity contribution in [2.24, 2.45) is 0 Å². The summed E-state index contributed by atoms with van der Waals surface area (Å²) in [5.74, 6) is 1.07. The fourth-order valence-corrected chi connectivity index (χ4v) is 3.15. The third-order valence-corrected chi connectivity index (χ3v) is 4.70. The first-order chi connectivity index (χ1) is 11.5. The summed E-state index contributed by atoms with van der Waals surface area (Å²) in [4.78, 5) is 13.1. The van der Waals surface area contributed by atoms with Crippen molar-refractivity contribution in [3.63, 3.8) is 0 Å². The summed E-state index contributed by atoms with van der Waals surface area (Å²) >= 11 is 1.54. The summed E-state index contributed by atoms with van der Waals surface area (Å²) in [5.41, 5.74) is 3.09. The highest BCUT2D eigenvalue weighted by atomic mass is 32.1. The summed E-state index contributed by atoms with van der Waals surface area (Å²) in [6, 6.07) is 9.84. The Kier molecular flexibility index (Phi) is 4.76. The highest BCUT2D eigenvalue weighted by Gasteiger charge is 2.15. The first kappa shape index (κ1) is 16.4. The average Bonchev–Trinajstić information content (AvgIpc) is 3.16. The number of carbonyl (C=O) groups is 1. The van der Waals surface area contributed by atoms with E-state index in [1.165, 1.54) is 5.56 Å². The van der Waals surface area contributed by atoms with Crippen molar-refractivity contribution in [3.8, 4) is 10.8 Å². The second kappa shape index (κ2) is 6.97. The van der Waals surface area contributed by atoms with Crippen molar-refractivity contribution in [1.82, 2.24) is 10.2 Å². The summed E-state index contributed by atoms with van der Waals surface area (Å²) < 4.78 is 5.60. The fraction of sp³-hybridized carbons (Fsp3) is 0.278. The molecule has 24 heavy (non-hydrogen) atoms. The van der Waals surface area contributed by atoms with Crippen LogP contribution in [0, 0.1) is 6.92 Å². The van der Waals surface area contributed by atoms with Crippen LogP contribution in [-0.4, -0.2) is 16.1 Å². The van der Waals surface area contributed by atoms with Crippen molar-refractivity contribution >= 4 is 22.9 Å². The van der Waals surface area contributed by atoms with Crippen LogP contribution in [0.15, 0.2) is 40.1 Å². The number of rotatable bonds is 5. The third kappa shape index (κ3) is 3.71. The predicted octanol–water partition coefficient (Wildman–Crippen LogP) is 4.41. The van der Waals surface area contributed by atoms with E-state index < -0.39 is 0 Å². The quantitative estimate of drug-likeness (QED) is 0.746. The molecule has 0 atom stereocenters. The number of hydrogen-bond donors (Lipinski definition) is 1. The molecule has 0 aliphatic rings. The van der Waals surface area contributed by atoms with E-state index in [1.807, 2.05) is 42.6 Å². The molecule has 0 radical (unpaired) electrons. The molecule has 2 aromatic heterocycles. The maximum Gasteiger partial charge on any atom is 0.258 e. The maximum atomic E-state index is 12.1. The molecule has 1 amide bonds. The lowest BCUT2D eigenvalue weighted by Crippen LogP contribution is -2.14. The van der Waals surface area contributed by atoms with Gasteiger partial charge in [-0.2, -0.15) is 0 Å². The molecule has 0 spiro atoms. The standard InChI is InChI=1S/C18H19N3O2S/c1-11(2)13-4-6-14(7-5-13)19-15(22)10-16-20-21-18(23-16)17-12(3)8-9-24-17/h4-9,11H,10H2,1-3H3,(H,19,22). The Morgan fingerprint density at radius 3 is 2.58 bits per heavy atom. The number of aromatic nitrogens is 2. The zero-order chi connectivity index (χ0) is 17.1. The van der Waals surface area contributed by atoms with Gasteiger partial charge in [-0.3, -0.25) is 4.79 Å². The minimum absolute atomic E-state index is 0.0589. The first-order valence-corrected chi connectivity index (χ1v) is 8.67. The van der Waals surface area contributed by atoms with Crippen molar-refractivity contribution in [3.05, 3.63) is 52.7 Å². The monoisotopic (exact) mass is 341 g/mol. The maximum absolute atomic E-state index is 12.1. The SMILES string of the molecule is Cc1ccsc1-c1nnc(CC(=O)Nc2ccc(C(C)C)cc2)o1. The van der Waals surface area contributed by atoms with Crippen LogP contribution in [-0.2, 0) is 11.2 Å². The van der Waals surface area contributed by atoms with Crippen LogP contribution in [0.3, 0.4) is 0 Å². The van der Waals surface area contributed by atoms with Crippen LogP contribution in [0.1, 0.15) is 36.8 Å². The van der Waals surface area contributed by atoms with Crippen LogP contribution in [0.25, 0.3) is 10.8 Å². The summed E-state index contributed by atoms with van der Waals surface area (Å²) in [6.07, 6.45) is 0.0589. The Labute approximate surface area is 144 Å². The van der Waals surface area contributed by atoms with Gasteiger partial charge in [-0.25, -0.2) is 0 Å². The summed E-state index contributed by atoms with van der Waals surface area (Å²) in [7, 11) is 0. The van der Waals surface area contributed by atoms with Gasteiger partial charge in [0.15, 0.2) is 0 Å². The molecule has 0 saturated carbocycles. The van der Waals surface area contributed by atoms with Gasteiger partial charge in [0, 0.05) is 5.69 Å². The van der Waals surface area contributed by atoms with E-state index >= 15 is 0 Å². The zero-order valence-electron chi connectivity index (χ0n) is 13.9. The van der Waals surface area contributed by atoms with Gasteiger partial charge in [-0.15, -0.1) is 21.5 Å². The Morgan fingerprint density at radius 1 is 1.21 bits per heavy atom. The molecule has 3 aromatic rings. The largest absolute Gasteiger partial charge is 0.419 e. The molecular formula is C18H19N3O2S. The van der Waals surface area contributed by atoms with E-state index in [4.69, 9.17) is 4.42 Å². The Morgan fingerprint density at radius 2 is 1.96 bits per heavy atom. The minimum Gasteiger partial charge on any atom is -0.419 e. The lowest BCUT2D eigenvalue weighted by Gasteiger charge is -2.07.